The molecular weight excluding hydrogens is 268 g/mol. The topological polar surface area (TPSA) is 75.1 Å². The second-order valence-electron chi connectivity index (χ2n) is 6.72. The fourth-order valence-corrected chi connectivity index (χ4v) is 3.57. The molecule has 2 N–H and O–H groups in total. The Morgan fingerprint density at radius 1 is 1.43 bits per heavy atom. The number of imidazole rings is 1. The zero-order valence-corrected chi connectivity index (χ0v) is 12.3. The summed E-state index contributed by atoms with van der Waals surface area (Å²) >= 11 is 0. The molecule has 1 aliphatic rings. The number of carbonyl (C=O) groups is 1. The molecular formula is C16H20N2O3. The van der Waals surface area contributed by atoms with Gasteiger partial charge in [0.1, 0.15) is 0 Å². The molecule has 21 heavy (non-hydrogen) atoms. The maximum absolute atomic E-state index is 12.3. The zero-order chi connectivity index (χ0) is 15.2. The van der Waals surface area contributed by atoms with Crippen LogP contribution >= 0.6 is 0 Å². The molecule has 0 aliphatic heterocycles. The Bertz CT molecular complexity index is 754. The molecule has 112 valence electrons. The van der Waals surface area contributed by atoms with Crippen molar-refractivity contribution in [1.82, 2.24) is 9.55 Å². The highest BCUT2D eigenvalue weighted by molar-refractivity contribution is 6.00. The van der Waals surface area contributed by atoms with Crippen LogP contribution in [0, 0.1) is 5.41 Å². The molecule has 0 radical (unpaired) electrons. The number of hydrogen-bond acceptors (Lipinski definition) is 2. The maximum Gasteiger partial charge on any atom is 0.337 e. The first-order valence-electron chi connectivity index (χ1n) is 7.35. The van der Waals surface area contributed by atoms with E-state index >= 15 is 0 Å². The third-order valence-corrected chi connectivity index (χ3v) is 4.53. The lowest BCUT2D eigenvalue weighted by Crippen LogP contribution is -2.30. The molecule has 1 fully saturated rings. The summed E-state index contributed by atoms with van der Waals surface area (Å²) in [5.74, 6) is -1.02. The minimum absolute atomic E-state index is 0.138. The number of carboxylic acid groups (broad SMARTS) is 1. The number of fused-ring (bicyclic) bond motifs is 1. The largest absolute Gasteiger partial charge is 0.478 e. The minimum atomic E-state index is -1.02. The Morgan fingerprint density at radius 2 is 2.19 bits per heavy atom. The monoisotopic (exact) mass is 288 g/mol. The fourth-order valence-electron chi connectivity index (χ4n) is 3.57. The average Bonchev–Trinajstić information content (AvgIpc) is 2.72. The molecule has 0 saturated heterocycles. The highest BCUT2D eigenvalue weighted by Gasteiger charge is 2.31. The molecule has 0 amide bonds. The Kier molecular flexibility index (Phi) is 3.15. The normalized spacial score (nSPS) is 21.5. The molecule has 1 aliphatic carbocycles. The van der Waals surface area contributed by atoms with Crippen LogP contribution in [0.25, 0.3) is 11.0 Å². The molecule has 1 saturated carbocycles. The summed E-state index contributed by atoms with van der Waals surface area (Å²) in [6.07, 6.45) is 4.17. The first-order chi connectivity index (χ1) is 9.89. The Labute approximate surface area is 122 Å². The second kappa shape index (κ2) is 4.76. The van der Waals surface area contributed by atoms with Crippen molar-refractivity contribution in [2.45, 2.75) is 45.6 Å². The van der Waals surface area contributed by atoms with Crippen LogP contribution in [0.2, 0.25) is 0 Å². The molecule has 2 aromatic rings. The van der Waals surface area contributed by atoms with Gasteiger partial charge in [0.15, 0.2) is 0 Å². The number of nitrogens with one attached hydrogen (secondary N) is 1. The lowest BCUT2D eigenvalue weighted by atomic mass is 9.75. The van der Waals surface area contributed by atoms with E-state index in [1.54, 1.807) is 10.6 Å². The molecule has 1 heterocycles. The Hall–Kier alpha value is -2.04. The van der Waals surface area contributed by atoms with Crippen LogP contribution < -0.4 is 5.69 Å². The summed E-state index contributed by atoms with van der Waals surface area (Å²) in [6.45, 7) is 4.45. The molecule has 3 rings (SSSR count). The number of aromatic nitrogens is 2. The van der Waals surface area contributed by atoms with Gasteiger partial charge in [0.05, 0.1) is 16.6 Å². The standard InChI is InChI=1S/C16H20N2O3/c1-16(2)8-4-5-10(9-16)18-12-7-3-6-11(14(19)20)13(12)17-15(18)21/h3,6-7,10H,4-5,8-9H2,1-2H3,(H,17,21)(H,19,20). The van der Waals surface area contributed by atoms with Crippen molar-refractivity contribution in [1.29, 1.82) is 0 Å². The van der Waals surface area contributed by atoms with Crippen molar-refractivity contribution in [3.8, 4) is 0 Å². The van der Waals surface area contributed by atoms with Gasteiger partial charge in [0.2, 0.25) is 0 Å². The number of H-pyrrole nitrogens is 1. The van der Waals surface area contributed by atoms with Crippen LogP contribution in [0.5, 0.6) is 0 Å². The van der Waals surface area contributed by atoms with E-state index < -0.39 is 5.97 Å². The third-order valence-electron chi connectivity index (χ3n) is 4.53. The van der Waals surface area contributed by atoms with Crippen molar-refractivity contribution in [3.05, 3.63) is 34.2 Å². The van der Waals surface area contributed by atoms with Gasteiger partial charge in [-0.2, -0.15) is 0 Å². The van der Waals surface area contributed by atoms with Gasteiger partial charge < -0.3 is 10.1 Å². The first-order valence-corrected chi connectivity index (χ1v) is 7.35. The molecule has 0 spiro atoms. The Balaban J connectivity index is 2.15. The van der Waals surface area contributed by atoms with Crippen molar-refractivity contribution < 1.29 is 9.90 Å². The number of aromatic carboxylic acids is 1. The van der Waals surface area contributed by atoms with Gasteiger partial charge in [-0.05, 0) is 36.8 Å². The van der Waals surface area contributed by atoms with E-state index in [1.807, 2.05) is 6.07 Å². The van der Waals surface area contributed by atoms with Gasteiger partial charge in [-0.25, -0.2) is 9.59 Å². The fraction of sp³-hybridized carbons (Fsp3) is 0.500. The zero-order valence-electron chi connectivity index (χ0n) is 12.3. The van der Waals surface area contributed by atoms with Crippen LogP contribution in [0.15, 0.2) is 23.0 Å². The van der Waals surface area contributed by atoms with E-state index in [0.717, 1.165) is 19.3 Å². The number of carboxylic acids is 1. The second-order valence-corrected chi connectivity index (χ2v) is 6.72. The van der Waals surface area contributed by atoms with Gasteiger partial charge >= 0.3 is 11.7 Å². The summed E-state index contributed by atoms with van der Waals surface area (Å²) in [6, 6.07) is 5.18. The highest BCUT2D eigenvalue weighted by Crippen LogP contribution is 2.41. The Morgan fingerprint density at radius 3 is 2.86 bits per heavy atom. The third kappa shape index (κ3) is 2.37. The lowest BCUT2D eigenvalue weighted by Gasteiger charge is -2.35. The molecule has 1 unspecified atom stereocenters. The van der Waals surface area contributed by atoms with Crippen molar-refractivity contribution in [3.63, 3.8) is 0 Å². The maximum atomic E-state index is 12.3. The van der Waals surface area contributed by atoms with Gasteiger partial charge in [-0.3, -0.25) is 4.57 Å². The van der Waals surface area contributed by atoms with E-state index in [9.17, 15) is 14.7 Å². The van der Waals surface area contributed by atoms with Crippen molar-refractivity contribution in [2.24, 2.45) is 5.41 Å². The van der Waals surface area contributed by atoms with E-state index in [4.69, 9.17) is 0 Å². The van der Waals surface area contributed by atoms with Crippen LogP contribution in [0.4, 0.5) is 0 Å². The molecule has 1 atom stereocenters. The van der Waals surface area contributed by atoms with Gasteiger partial charge in [0, 0.05) is 6.04 Å². The molecule has 1 aromatic carbocycles. The number of rotatable bonds is 2. The molecule has 5 nitrogen and oxygen atoms in total. The average molecular weight is 288 g/mol. The molecule has 1 aromatic heterocycles. The SMILES string of the molecule is CC1(C)CCCC(n2c(=O)[nH]c3c(C(=O)O)cccc32)C1. The smallest absolute Gasteiger partial charge is 0.337 e. The van der Waals surface area contributed by atoms with Gasteiger partial charge in [-0.15, -0.1) is 0 Å². The lowest BCUT2D eigenvalue weighted by molar-refractivity contribution is 0.0699. The van der Waals surface area contributed by atoms with Crippen LogP contribution in [-0.2, 0) is 0 Å². The number of para-hydroxylation sites is 1. The van der Waals surface area contributed by atoms with E-state index in [2.05, 4.69) is 18.8 Å². The quantitative estimate of drug-likeness (QED) is 0.891. The highest BCUT2D eigenvalue weighted by atomic mass is 16.4. The van der Waals surface area contributed by atoms with Crippen LogP contribution in [0.1, 0.15) is 55.9 Å². The molecule has 0 bridgehead atoms. The number of benzene rings is 1. The first kappa shape index (κ1) is 13.9. The summed E-state index contributed by atoms with van der Waals surface area (Å²) < 4.78 is 1.75. The van der Waals surface area contributed by atoms with Crippen LogP contribution in [0.3, 0.4) is 0 Å². The molecule has 5 heteroatoms. The minimum Gasteiger partial charge on any atom is -0.478 e. The number of aromatic amines is 1. The van der Waals surface area contributed by atoms with E-state index in [-0.39, 0.29) is 22.7 Å². The van der Waals surface area contributed by atoms with E-state index in [0.29, 0.717) is 11.0 Å². The summed E-state index contributed by atoms with van der Waals surface area (Å²) in [5, 5.41) is 9.25. The number of hydrogen-bond donors (Lipinski definition) is 2. The van der Waals surface area contributed by atoms with Crippen LogP contribution in [-0.4, -0.2) is 20.6 Å². The summed E-state index contributed by atoms with van der Waals surface area (Å²) in [7, 11) is 0. The predicted octanol–water partition coefficient (Wildman–Crippen LogP) is 3.17. The van der Waals surface area contributed by atoms with Crippen molar-refractivity contribution in [2.75, 3.05) is 0 Å². The predicted molar refractivity (Wildman–Crippen MR) is 80.8 cm³/mol. The van der Waals surface area contributed by atoms with Gasteiger partial charge in [0.25, 0.3) is 0 Å². The van der Waals surface area contributed by atoms with E-state index in [1.165, 1.54) is 12.5 Å². The number of nitrogens with zero attached hydrogens (tertiary/aromatic N) is 1. The summed E-state index contributed by atoms with van der Waals surface area (Å²) in [5.41, 5.74) is 1.29. The summed E-state index contributed by atoms with van der Waals surface area (Å²) in [4.78, 5) is 26.3. The van der Waals surface area contributed by atoms with Gasteiger partial charge in [-0.1, -0.05) is 26.3 Å². The van der Waals surface area contributed by atoms with Crippen molar-refractivity contribution >= 4 is 17.0 Å².